The fraction of sp³-hybridized carbons (Fsp3) is 0.882. The molecule has 0 aliphatic rings. The van der Waals surface area contributed by atoms with Gasteiger partial charge in [0, 0.05) is 0 Å². The highest BCUT2D eigenvalue weighted by atomic mass is 16.3. The molecule has 18 heavy (non-hydrogen) atoms. The van der Waals surface area contributed by atoms with Crippen LogP contribution in [0.4, 0.5) is 0 Å². The molecule has 1 atom stereocenters. The zero-order valence-electron chi connectivity index (χ0n) is 13.0. The van der Waals surface area contributed by atoms with Crippen molar-refractivity contribution in [1.29, 1.82) is 0 Å². The lowest BCUT2D eigenvalue weighted by atomic mass is 9.99. The molecule has 108 valence electrons. The number of aliphatic hydroxyl groups excluding tert-OH is 1. The summed E-state index contributed by atoms with van der Waals surface area (Å²) in [6.07, 6.45) is 13.8. The van der Waals surface area contributed by atoms with Gasteiger partial charge in [0.25, 0.3) is 0 Å². The van der Waals surface area contributed by atoms with Gasteiger partial charge in [-0.25, -0.2) is 0 Å². The molecule has 0 aromatic rings. The van der Waals surface area contributed by atoms with E-state index in [1.165, 1.54) is 56.9 Å². The summed E-state index contributed by atoms with van der Waals surface area (Å²) in [6.45, 7) is 8.56. The van der Waals surface area contributed by atoms with E-state index in [1.54, 1.807) is 0 Å². The molecule has 0 saturated carbocycles. The summed E-state index contributed by atoms with van der Waals surface area (Å²) in [4.78, 5) is 0. The third-order valence-electron chi connectivity index (χ3n) is 3.60. The minimum Gasteiger partial charge on any atom is -0.393 e. The van der Waals surface area contributed by atoms with E-state index >= 15 is 0 Å². The van der Waals surface area contributed by atoms with Crippen LogP contribution in [0.5, 0.6) is 0 Å². The van der Waals surface area contributed by atoms with Gasteiger partial charge in [-0.15, -0.1) is 0 Å². The molecule has 0 aromatic carbocycles. The molecule has 0 rings (SSSR count). The van der Waals surface area contributed by atoms with E-state index < -0.39 is 0 Å². The maximum Gasteiger partial charge on any atom is 0.0600 e. The smallest absolute Gasteiger partial charge is 0.0600 e. The minimum absolute atomic E-state index is 0.171. The largest absolute Gasteiger partial charge is 0.393 e. The van der Waals surface area contributed by atoms with Gasteiger partial charge in [0.15, 0.2) is 0 Å². The van der Waals surface area contributed by atoms with E-state index in [0.29, 0.717) is 5.92 Å². The van der Waals surface area contributed by atoms with Gasteiger partial charge >= 0.3 is 0 Å². The Hall–Kier alpha value is -0.300. The lowest BCUT2D eigenvalue weighted by molar-refractivity contribution is 0.125. The maximum atomic E-state index is 9.78. The van der Waals surface area contributed by atoms with E-state index in [9.17, 15) is 5.11 Å². The number of allylic oxidation sites excluding steroid dienone is 1. The Morgan fingerprint density at radius 1 is 1.00 bits per heavy atom. The zero-order chi connectivity index (χ0) is 13.8. The minimum atomic E-state index is -0.171. The third-order valence-corrected chi connectivity index (χ3v) is 3.60. The fourth-order valence-corrected chi connectivity index (χ4v) is 2.10. The Kier molecular flexibility index (Phi) is 11.6. The first kappa shape index (κ1) is 17.7. The SMILES string of the molecule is CCCCCCCCCC=C(C)CC(O)C(C)C. The van der Waals surface area contributed by atoms with Crippen molar-refractivity contribution in [3.8, 4) is 0 Å². The Morgan fingerprint density at radius 3 is 2.11 bits per heavy atom. The maximum absolute atomic E-state index is 9.78. The van der Waals surface area contributed by atoms with Crippen LogP contribution >= 0.6 is 0 Å². The van der Waals surface area contributed by atoms with Crippen LogP contribution in [0.1, 0.15) is 85.5 Å². The normalized spacial score (nSPS) is 14.2. The Bertz CT molecular complexity index is 206. The highest BCUT2D eigenvalue weighted by Gasteiger charge is 2.08. The fourth-order valence-electron chi connectivity index (χ4n) is 2.10. The van der Waals surface area contributed by atoms with Crippen molar-refractivity contribution in [2.45, 2.75) is 91.6 Å². The van der Waals surface area contributed by atoms with Gasteiger partial charge in [-0.2, -0.15) is 0 Å². The number of aliphatic hydroxyl groups is 1. The summed E-state index contributed by atoms with van der Waals surface area (Å²) in [5, 5.41) is 9.78. The molecule has 0 fully saturated rings. The number of hydrogen-bond donors (Lipinski definition) is 1. The molecule has 1 heteroatoms. The van der Waals surface area contributed by atoms with Crippen LogP contribution < -0.4 is 0 Å². The summed E-state index contributed by atoms with van der Waals surface area (Å²) >= 11 is 0. The number of rotatable bonds is 11. The van der Waals surface area contributed by atoms with E-state index in [-0.39, 0.29) is 6.10 Å². The molecule has 0 aliphatic heterocycles. The number of unbranched alkanes of at least 4 members (excludes halogenated alkanes) is 7. The Labute approximate surface area is 115 Å². The van der Waals surface area contributed by atoms with Gasteiger partial charge < -0.3 is 5.11 Å². The summed E-state index contributed by atoms with van der Waals surface area (Å²) in [5.41, 5.74) is 1.35. The molecule has 0 bridgehead atoms. The van der Waals surface area contributed by atoms with E-state index in [1.807, 2.05) is 0 Å². The van der Waals surface area contributed by atoms with Crippen molar-refractivity contribution >= 4 is 0 Å². The van der Waals surface area contributed by atoms with Crippen molar-refractivity contribution in [2.75, 3.05) is 0 Å². The van der Waals surface area contributed by atoms with Crippen molar-refractivity contribution in [3.63, 3.8) is 0 Å². The predicted octanol–water partition coefficient (Wildman–Crippen LogP) is 5.48. The second-order valence-corrected chi connectivity index (χ2v) is 5.98. The van der Waals surface area contributed by atoms with Crippen LogP contribution in [0.2, 0.25) is 0 Å². The summed E-state index contributed by atoms with van der Waals surface area (Å²) in [7, 11) is 0. The predicted molar refractivity (Wildman–Crippen MR) is 81.8 cm³/mol. The first-order valence-corrected chi connectivity index (χ1v) is 7.91. The monoisotopic (exact) mass is 254 g/mol. The molecule has 0 aromatic heterocycles. The molecule has 0 aliphatic carbocycles. The number of hydrogen-bond acceptors (Lipinski definition) is 1. The van der Waals surface area contributed by atoms with Crippen molar-refractivity contribution in [2.24, 2.45) is 5.92 Å². The van der Waals surface area contributed by atoms with Gasteiger partial charge in [-0.3, -0.25) is 0 Å². The second kappa shape index (κ2) is 11.8. The van der Waals surface area contributed by atoms with Crippen molar-refractivity contribution in [3.05, 3.63) is 11.6 Å². The van der Waals surface area contributed by atoms with Gasteiger partial charge in [-0.1, -0.05) is 70.9 Å². The van der Waals surface area contributed by atoms with Crippen LogP contribution in [-0.2, 0) is 0 Å². The van der Waals surface area contributed by atoms with Crippen LogP contribution in [0.3, 0.4) is 0 Å². The molecule has 0 saturated heterocycles. The highest BCUT2D eigenvalue weighted by Crippen LogP contribution is 2.14. The quantitative estimate of drug-likeness (QED) is 0.382. The van der Waals surface area contributed by atoms with E-state index in [2.05, 4.69) is 33.8 Å². The van der Waals surface area contributed by atoms with Crippen LogP contribution in [0.15, 0.2) is 11.6 Å². The van der Waals surface area contributed by atoms with E-state index in [0.717, 1.165) is 6.42 Å². The summed E-state index contributed by atoms with van der Waals surface area (Å²) in [6, 6.07) is 0. The molecule has 1 N–H and O–H groups in total. The third kappa shape index (κ3) is 10.8. The van der Waals surface area contributed by atoms with Crippen LogP contribution in [0.25, 0.3) is 0 Å². The molecule has 0 amide bonds. The van der Waals surface area contributed by atoms with Gasteiger partial charge in [0.05, 0.1) is 6.10 Å². The first-order valence-electron chi connectivity index (χ1n) is 7.91. The summed E-state index contributed by atoms with van der Waals surface area (Å²) < 4.78 is 0. The average Bonchev–Trinajstić information content (AvgIpc) is 2.32. The Balaban J connectivity index is 3.45. The molecule has 0 radical (unpaired) electrons. The first-order chi connectivity index (χ1) is 8.57. The van der Waals surface area contributed by atoms with Gasteiger partial charge in [-0.05, 0) is 32.1 Å². The molecule has 1 unspecified atom stereocenters. The van der Waals surface area contributed by atoms with Crippen molar-refractivity contribution in [1.82, 2.24) is 0 Å². The summed E-state index contributed by atoms with van der Waals surface area (Å²) in [5.74, 6) is 0.368. The molecular formula is C17H34O. The van der Waals surface area contributed by atoms with Crippen LogP contribution in [-0.4, -0.2) is 11.2 Å². The standard InChI is InChI=1S/C17H34O/c1-5-6-7-8-9-10-11-12-13-16(4)14-17(18)15(2)3/h13,15,17-18H,5-12,14H2,1-4H3. The van der Waals surface area contributed by atoms with Crippen molar-refractivity contribution < 1.29 is 5.11 Å². The molecule has 0 spiro atoms. The van der Waals surface area contributed by atoms with Gasteiger partial charge in [0.2, 0.25) is 0 Å². The molecule has 0 heterocycles. The van der Waals surface area contributed by atoms with E-state index in [4.69, 9.17) is 0 Å². The second-order valence-electron chi connectivity index (χ2n) is 5.98. The average molecular weight is 254 g/mol. The lowest BCUT2D eigenvalue weighted by Gasteiger charge is -2.14. The lowest BCUT2D eigenvalue weighted by Crippen LogP contribution is -2.14. The van der Waals surface area contributed by atoms with Gasteiger partial charge in [0.1, 0.15) is 0 Å². The molecule has 1 nitrogen and oxygen atoms in total. The zero-order valence-corrected chi connectivity index (χ0v) is 13.0. The highest BCUT2D eigenvalue weighted by molar-refractivity contribution is 4.99. The Morgan fingerprint density at radius 2 is 1.56 bits per heavy atom. The topological polar surface area (TPSA) is 20.2 Å². The molecular weight excluding hydrogens is 220 g/mol. The van der Waals surface area contributed by atoms with Crippen LogP contribution in [0, 0.1) is 5.92 Å².